The molecule has 0 radical (unpaired) electrons. The number of aromatic nitrogens is 1. The highest BCUT2D eigenvalue weighted by atomic mass is 16.6. The number of carbonyl (C=O) groups is 1. The summed E-state index contributed by atoms with van der Waals surface area (Å²) in [6, 6.07) is 10.3. The summed E-state index contributed by atoms with van der Waals surface area (Å²) in [5.41, 5.74) is 2.10. The Morgan fingerprint density at radius 3 is 2.54 bits per heavy atom. The highest BCUT2D eigenvalue weighted by Crippen LogP contribution is 2.40. The number of piperazine rings is 1. The van der Waals surface area contributed by atoms with Crippen molar-refractivity contribution < 1.29 is 14.3 Å². The van der Waals surface area contributed by atoms with E-state index in [1.165, 1.54) is 12.0 Å². The molecule has 0 bridgehead atoms. The normalized spacial score (nSPS) is 20.8. The Morgan fingerprint density at radius 1 is 1.03 bits per heavy atom. The first-order valence-corrected chi connectivity index (χ1v) is 13.2. The van der Waals surface area contributed by atoms with Crippen LogP contribution in [0.25, 0.3) is 0 Å². The summed E-state index contributed by atoms with van der Waals surface area (Å²) in [5, 5.41) is 3.46. The van der Waals surface area contributed by atoms with Crippen LogP contribution in [0.15, 0.2) is 42.7 Å². The van der Waals surface area contributed by atoms with Crippen LogP contribution in [0.5, 0.6) is 11.5 Å². The molecule has 1 aromatic heterocycles. The van der Waals surface area contributed by atoms with E-state index in [-0.39, 0.29) is 17.4 Å². The van der Waals surface area contributed by atoms with Gasteiger partial charge in [-0.05, 0) is 49.1 Å². The van der Waals surface area contributed by atoms with E-state index in [0.717, 1.165) is 82.0 Å². The number of fused-ring (bicyclic) bond motifs is 1. The molecule has 7 nitrogen and oxygen atoms in total. The molecule has 1 N–H and O–H groups in total. The van der Waals surface area contributed by atoms with Crippen LogP contribution in [0.1, 0.15) is 44.6 Å². The number of amides is 1. The van der Waals surface area contributed by atoms with Crippen LogP contribution in [0, 0.1) is 5.41 Å². The zero-order valence-electron chi connectivity index (χ0n) is 20.9. The van der Waals surface area contributed by atoms with E-state index < -0.39 is 0 Å². The van der Waals surface area contributed by atoms with Crippen molar-refractivity contribution in [2.75, 3.05) is 50.8 Å². The van der Waals surface area contributed by atoms with Gasteiger partial charge in [0, 0.05) is 56.6 Å². The Hall–Kier alpha value is -2.80. The van der Waals surface area contributed by atoms with Gasteiger partial charge in [-0.3, -0.25) is 14.7 Å². The number of ether oxygens (including phenoxy) is 2. The Morgan fingerprint density at radius 2 is 1.77 bits per heavy atom. The van der Waals surface area contributed by atoms with Gasteiger partial charge >= 0.3 is 0 Å². The predicted octanol–water partition coefficient (Wildman–Crippen LogP) is 3.67. The second kappa shape index (κ2) is 10.9. The third kappa shape index (κ3) is 5.72. The lowest BCUT2D eigenvalue weighted by Gasteiger charge is -2.39. The summed E-state index contributed by atoms with van der Waals surface area (Å²) in [6.45, 7) is 7.95. The van der Waals surface area contributed by atoms with Crippen molar-refractivity contribution in [3.8, 4) is 11.5 Å². The van der Waals surface area contributed by atoms with Gasteiger partial charge < -0.3 is 19.7 Å². The minimum absolute atomic E-state index is 0.0800. The van der Waals surface area contributed by atoms with Crippen LogP contribution in [0.4, 0.5) is 5.69 Å². The van der Waals surface area contributed by atoms with E-state index in [2.05, 4.69) is 45.2 Å². The predicted molar refractivity (Wildman–Crippen MR) is 137 cm³/mol. The minimum Gasteiger partial charge on any atom is -0.486 e. The fourth-order valence-electron chi connectivity index (χ4n) is 5.67. The van der Waals surface area contributed by atoms with Gasteiger partial charge in [0.15, 0.2) is 11.5 Å². The lowest BCUT2D eigenvalue weighted by atomic mass is 9.75. The standard InChI is InChI=1S/C28H38N4O3/c1-28(10-3-2-4-11-28)27(33)30-23(20-22-8-12-29-13-9-22)21-31-14-16-32(17-15-31)24-6-5-7-25-26(24)35-19-18-34-25/h5-9,12-13,23H,2-4,10-11,14-21H2,1H3,(H,30,33)/t23-/m1/s1. The smallest absolute Gasteiger partial charge is 0.226 e. The van der Waals surface area contributed by atoms with Gasteiger partial charge in [-0.2, -0.15) is 0 Å². The molecule has 2 fully saturated rings. The van der Waals surface area contributed by atoms with Crippen molar-refractivity contribution in [3.05, 3.63) is 48.3 Å². The van der Waals surface area contributed by atoms with Crippen LogP contribution in [-0.2, 0) is 11.2 Å². The number of nitrogens with zero attached hydrogens (tertiary/aromatic N) is 3. The first kappa shape index (κ1) is 23.9. The first-order valence-electron chi connectivity index (χ1n) is 13.2. The number of benzene rings is 1. The summed E-state index contributed by atoms with van der Waals surface area (Å²) >= 11 is 0. The largest absolute Gasteiger partial charge is 0.486 e. The summed E-state index contributed by atoms with van der Waals surface area (Å²) in [4.78, 5) is 22.4. The number of para-hydroxylation sites is 1. The molecule has 1 aliphatic carbocycles. The molecule has 0 spiro atoms. The SMILES string of the molecule is CC1(C(=O)N[C@H](Cc2ccncc2)CN2CCN(c3cccc4c3OCCO4)CC2)CCCCC1. The number of anilines is 1. The molecule has 1 saturated carbocycles. The summed E-state index contributed by atoms with van der Waals surface area (Å²) < 4.78 is 11.7. The molecule has 35 heavy (non-hydrogen) atoms. The maximum absolute atomic E-state index is 13.4. The van der Waals surface area contributed by atoms with E-state index in [1.807, 2.05) is 24.5 Å². The highest BCUT2D eigenvalue weighted by Gasteiger charge is 2.36. The van der Waals surface area contributed by atoms with Gasteiger partial charge in [-0.1, -0.05) is 32.3 Å². The van der Waals surface area contributed by atoms with Crippen molar-refractivity contribution in [1.82, 2.24) is 15.2 Å². The van der Waals surface area contributed by atoms with E-state index >= 15 is 0 Å². The summed E-state index contributed by atoms with van der Waals surface area (Å²) in [7, 11) is 0. The number of nitrogens with one attached hydrogen (secondary N) is 1. The zero-order valence-corrected chi connectivity index (χ0v) is 20.9. The molecular formula is C28H38N4O3. The van der Waals surface area contributed by atoms with Crippen molar-refractivity contribution >= 4 is 11.6 Å². The van der Waals surface area contributed by atoms with Crippen molar-refractivity contribution in [2.45, 2.75) is 51.5 Å². The van der Waals surface area contributed by atoms with E-state index in [4.69, 9.17) is 9.47 Å². The molecule has 7 heteroatoms. The lowest BCUT2D eigenvalue weighted by molar-refractivity contribution is -0.132. The Labute approximate surface area is 208 Å². The average Bonchev–Trinajstić information content (AvgIpc) is 2.90. The fraction of sp³-hybridized carbons (Fsp3) is 0.571. The lowest BCUT2D eigenvalue weighted by Crippen LogP contribution is -2.54. The molecule has 3 heterocycles. The van der Waals surface area contributed by atoms with Crippen molar-refractivity contribution in [3.63, 3.8) is 0 Å². The number of hydrogen-bond donors (Lipinski definition) is 1. The van der Waals surface area contributed by atoms with Gasteiger partial charge in [0.25, 0.3) is 0 Å². The van der Waals surface area contributed by atoms with E-state index in [1.54, 1.807) is 0 Å². The third-order valence-corrected chi connectivity index (χ3v) is 7.81. The third-order valence-electron chi connectivity index (χ3n) is 7.81. The maximum Gasteiger partial charge on any atom is 0.226 e. The average molecular weight is 479 g/mol. The van der Waals surface area contributed by atoms with E-state index in [0.29, 0.717) is 13.2 Å². The zero-order chi connectivity index (χ0) is 24.1. The number of hydrogen-bond acceptors (Lipinski definition) is 6. The van der Waals surface area contributed by atoms with Crippen molar-refractivity contribution in [1.29, 1.82) is 0 Å². The van der Waals surface area contributed by atoms with Gasteiger partial charge in [0.2, 0.25) is 5.91 Å². The van der Waals surface area contributed by atoms with Gasteiger partial charge in [0.1, 0.15) is 13.2 Å². The number of rotatable bonds is 7. The summed E-state index contributed by atoms with van der Waals surface area (Å²) in [6.07, 6.45) is 10.0. The number of pyridine rings is 1. The Bertz CT molecular complexity index is 985. The van der Waals surface area contributed by atoms with Crippen LogP contribution >= 0.6 is 0 Å². The second-order valence-electron chi connectivity index (χ2n) is 10.4. The van der Waals surface area contributed by atoms with Gasteiger partial charge in [-0.15, -0.1) is 0 Å². The summed E-state index contributed by atoms with van der Waals surface area (Å²) in [5.74, 6) is 1.94. The molecule has 5 rings (SSSR count). The molecule has 188 valence electrons. The monoisotopic (exact) mass is 478 g/mol. The van der Waals surface area contributed by atoms with Gasteiger partial charge in [0.05, 0.1) is 5.69 Å². The Kier molecular flexibility index (Phi) is 7.42. The van der Waals surface area contributed by atoms with Crippen LogP contribution in [-0.4, -0.2) is 67.8 Å². The highest BCUT2D eigenvalue weighted by molar-refractivity contribution is 5.82. The van der Waals surface area contributed by atoms with Crippen LogP contribution in [0.3, 0.4) is 0 Å². The molecule has 1 atom stereocenters. The first-order chi connectivity index (χ1) is 17.1. The molecule has 3 aliphatic rings. The molecular weight excluding hydrogens is 440 g/mol. The quantitative estimate of drug-likeness (QED) is 0.655. The molecule has 1 saturated heterocycles. The minimum atomic E-state index is -0.234. The topological polar surface area (TPSA) is 66.9 Å². The molecule has 2 aliphatic heterocycles. The molecule has 0 unspecified atom stereocenters. The Balaban J connectivity index is 1.23. The van der Waals surface area contributed by atoms with Gasteiger partial charge in [-0.25, -0.2) is 0 Å². The van der Waals surface area contributed by atoms with Crippen LogP contribution < -0.4 is 19.7 Å². The second-order valence-corrected chi connectivity index (χ2v) is 10.4. The molecule has 1 amide bonds. The molecule has 2 aromatic rings. The van der Waals surface area contributed by atoms with E-state index in [9.17, 15) is 4.79 Å². The maximum atomic E-state index is 13.4. The number of carbonyl (C=O) groups excluding carboxylic acids is 1. The molecule has 1 aromatic carbocycles. The van der Waals surface area contributed by atoms with Crippen molar-refractivity contribution in [2.24, 2.45) is 5.41 Å². The fourth-order valence-corrected chi connectivity index (χ4v) is 5.67. The van der Waals surface area contributed by atoms with Crippen LogP contribution in [0.2, 0.25) is 0 Å².